The number of piperazine rings is 1. The van der Waals surface area contributed by atoms with E-state index in [1.165, 1.54) is 6.08 Å². The lowest BCUT2D eigenvalue weighted by Gasteiger charge is -2.44. The molecular weight excluding hydrogens is 498 g/mol. The van der Waals surface area contributed by atoms with Crippen LogP contribution < -0.4 is 10.2 Å². The summed E-state index contributed by atoms with van der Waals surface area (Å²) in [7, 11) is 0. The van der Waals surface area contributed by atoms with Crippen molar-refractivity contribution in [2.45, 2.75) is 90.8 Å². The summed E-state index contributed by atoms with van der Waals surface area (Å²) in [6.07, 6.45) is 6.55. The minimum Gasteiger partial charge on any atom is -0.440 e. The summed E-state index contributed by atoms with van der Waals surface area (Å²) in [5.74, 6) is 1.39. The van der Waals surface area contributed by atoms with Gasteiger partial charge in [-0.1, -0.05) is 20.4 Å². The van der Waals surface area contributed by atoms with Crippen molar-refractivity contribution in [1.29, 1.82) is 0 Å². The molecule has 0 radical (unpaired) electrons. The van der Waals surface area contributed by atoms with E-state index in [4.69, 9.17) is 4.74 Å². The second kappa shape index (κ2) is 10.2. The van der Waals surface area contributed by atoms with Crippen LogP contribution in [0, 0.1) is 12.8 Å². The molecule has 3 aliphatic rings. The van der Waals surface area contributed by atoms with Gasteiger partial charge in [0.05, 0.1) is 30.8 Å². The molecule has 4 heterocycles. The van der Waals surface area contributed by atoms with Gasteiger partial charge in [0.15, 0.2) is 0 Å². The number of amides is 2. The molecule has 0 aromatic carbocycles. The zero-order chi connectivity index (χ0) is 28.1. The Balaban J connectivity index is 1.26. The SMILES string of the molecule is C=CC(=O)N1[C@H](C)CN(Cn2cnc([C@H](C)Nc3nc(C)nc(N4C(=O)OC5(CC5)[C@@H]4C(C)C)n3)c2)C[C@@H]1C. The van der Waals surface area contributed by atoms with Gasteiger partial charge >= 0.3 is 6.09 Å². The first kappa shape index (κ1) is 27.0. The lowest BCUT2D eigenvalue weighted by atomic mass is 9.96. The van der Waals surface area contributed by atoms with E-state index in [0.717, 1.165) is 31.6 Å². The van der Waals surface area contributed by atoms with Crippen LogP contribution in [0.1, 0.15) is 65.0 Å². The molecule has 2 aliphatic heterocycles. The maximum absolute atomic E-state index is 12.8. The lowest BCUT2D eigenvalue weighted by Crippen LogP contribution is -2.58. The van der Waals surface area contributed by atoms with Gasteiger partial charge in [0.1, 0.15) is 11.4 Å². The Morgan fingerprint density at radius 1 is 1.21 bits per heavy atom. The third kappa shape index (κ3) is 5.21. The molecule has 1 saturated carbocycles. The van der Waals surface area contributed by atoms with Gasteiger partial charge in [-0.15, -0.1) is 0 Å². The van der Waals surface area contributed by atoms with E-state index in [2.05, 4.69) is 64.4 Å². The summed E-state index contributed by atoms with van der Waals surface area (Å²) in [6, 6.07) is -0.0823. The predicted molar refractivity (Wildman–Crippen MR) is 146 cm³/mol. The standard InChI is InChI=1S/C27H39N9O3/c1-8-22(37)35-17(4)11-33(12-18(35)5)15-34-13-21(28-14-34)19(6)29-24-30-20(7)31-25(32-24)36-23(16(2)3)27(9-10-27)39-26(36)38/h8,13-14,16-19,23H,1,9-12,15H2,2-7H3,(H,29,30,31,32)/t17-,18+,19-,23-/m0/s1. The number of nitrogens with zero attached hydrogens (tertiary/aromatic N) is 8. The first-order valence-electron chi connectivity index (χ1n) is 13.7. The largest absolute Gasteiger partial charge is 0.440 e. The molecule has 2 amide bonds. The molecule has 12 heteroatoms. The summed E-state index contributed by atoms with van der Waals surface area (Å²) in [4.78, 5) is 49.0. The monoisotopic (exact) mass is 537 g/mol. The van der Waals surface area contributed by atoms with E-state index < -0.39 is 11.7 Å². The molecule has 1 N–H and O–H groups in total. The van der Waals surface area contributed by atoms with Crippen LogP contribution in [-0.4, -0.2) is 83.1 Å². The summed E-state index contributed by atoms with van der Waals surface area (Å²) in [5.41, 5.74) is 0.428. The summed E-state index contributed by atoms with van der Waals surface area (Å²) < 4.78 is 7.80. The van der Waals surface area contributed by atoms with E-state index in [-0.39, 0.29) is 36.0 Å². The maximum atomic E-state index is 12.8. The van der Waals surface area contributed by atoms with E-state index >= 15 is 0 Å². The van der Waals surface area contributed by atoms with Crippen LogP contribution in [0.2, 0.25) is 0 Å². The van der Waals surface area contributed by atoms with Crippen molar-refractivity contribution in [2.75, 3.05) is 23.3 Å². The highest BCUT2D eigenvalue weighted by Crippen LogP contribution is 2.52. The minimum atomic E-state index is -0.414. The van der Waals surface area contributed by atoms with Crippen LogP contribution in [0.3, 0.4) is 0 Å². The number of nitrogens with one attached hydrogen (secondary N) is 1. The number of anilines is 2. The smallest absolute Gasteiger partial charge is 0.417 e. The van der Waals surface area contributed by atoms with Gasteiger partial charge in [0, 0.05) is 31.4 Å². The average Bonchev–Trinajstić information content (AvgIpc) is 3.33. The van der Waals surface area contributed by atoms with Gasteiger partial charge in [-0.2, -0.15) is 15.0 Å². The first-order valence-corrected chi connectivity index (χ1v) is 13.7. The highest BCUT2D eigenvalue weighted by Gasteiger charge is 2.63. The number of hydrogen-bond donors (Lipinski definition) is 1. The summed E-state index contributed by atoms with van der Waals surface area (Å²) in [6.45, 7) is 18.0. The lowest BCUT2D eigenvalue weighted by molar-refractivity contribution is -0.134. The Morgan fingerprint density at radius 2 is 1.90 bits per heavy atom. The van der Waals surface area contributed by atoms with Crippen molar-refractivity contribution >= 4 is 23.9 Å². The Kier molecular flexibility index (Phi) is 7.08. The van der Waals surface area contributed by atoms with E-state index in [1.807, 2.05) is 28.9 Å². The number of hydrogen-bond acceptors (Lipinski definition) is 9. The van der Waals surface area contributed by atoms with Crippen molar-refractivity contribution < 1.29 is 14.3 Å². The van der Waals surface area contributed by atoms with Gasteiger partial charge in [-0.05, 0) is 52.5 Å². The topological polar surface area (TPSA) is 122 Å². The zero-order valence-corrected chi connectivity index (χ0v) is 23.7. The molecule has 39 heavy (non-hydrogen) atoms. The van der Waals surface area contributed by atoms with Crippen molar-refractivity contribution in [1.82, 2.24) is 34.3 Å². The molecule has 4 atom stereocenters. The highest BCUT2D eigenvalue weighted by atomic mass is 16.6. The minimum absolute atomic E-state index is 0.0235. The molecular formula is C27H39N9O3. The Bertz CT molecular complexity index is 1240. The Labute approximate surface area is 229 Å². The number of aryl methyl sites for hydroxylation is 1. The number of imidazole rings is 1. The number of ether oxygens (including phenoxy) is 1. The molecule has 12 nitrogen and oxygen atoms in total. The van der Waals surface area contributed by atoms with E-state index in [0.29, 0.717) is 24.4 Å². The quantitative estimate of drug-likeness (QED) is 0.506. The van der Waals surface area contributed by atoms with Crippen LogP contribution in [-0.2, 0) is 16.2 Å². The van der Waals surface area contributed by atoms with Crippen LogP contribution in [0.4, 0.5) is 16.7 Å². The van der Waals surface area contributed by atoms with Gasteiger partial charge < -0.3 is 19.5 Å². The molecule has 1 aliphatic carbocycles. The van der Waals surface area contributed by atoms with Gasteiger partial charge in [0.2, 0.25) is 17.8 Å². The fourth-order valence-corrected chi connectivity index (χ4v) is 6.17. The number of aromatic nitrogens is 5. The van der Waals surface area contributed by atoms with Crippen molar-refractivity contribution in [2.24, 2.45) is 5.92 Å². The third-order valence-electron chi connectivity index (χ3n) is 7.86. The van der Waals surface area contributed by atoms with Crippen molar-refractivity contribution in [3.05, 3.63) is 36.7 Å². The second-order valence-electron chi connectivity index (χ2n) is 11.5. The van der Waals surface area contributed by atoms with Crippen LogP contribution >= 0.6 is 0 Å². The van der Waals surface area contributed by atoms with E-state index in [9.17, 15) is 9.59 Å². The fourth-order valence-electron chi connectivity index (χ4n) is 6.17. The zero-order valence-electron chi connectivity index (χ0n) is 23.7. The molecule has 210 valence electrons. The molecule has 2 aromatic heterocycles. The highest BCUT2D eigenvalue weighted by molar-refractivity contribution is 5.90. The maximum Gasteiger partial charge on any atom is 0.417 e. The molecule has 3 fully saturated rings. The molecule has 5 rings (SSSR count). The molecule has 0 unspecified atom stereocenters. The van der Waals surface area contributed by atoms with Crippen LogP contribution in [0.25, 0.3) is 0 Å². The number of carbonyl (C=O) groups is 2. The average molecular weight is 538 g/mol. The normalized spacial score (nSPS) is 25.2. The molecule has 0 bridgehead atoms. The Hall–Kier alpha value is -3.54. The van der Waals surface area contributed by atoms with Crippen LogP contribution in [0.5, 0.6) is 0 Å². The fraction of sp³-hybridized carbons (Fsp3) is 0.630. The Morgan fingerprint density at radius 3 is 2.51 bits per heavy atom. The van der Waals surface area contributed by atoms with Crippen molar-refractivity contribution in [3.8, 4) is 0 Å². The van der Waals surface area contributed by atoms with Gasteiger partial charge in [-0.25, -0.2) is 14.7 Å². The number of rotatable bonds is 8. The summed E-state index contributed by atoms with van der Waals surface area (Å²) in [5, 5.41) is 3.33. The van der Waals surface area contributed by atoms with Crippen LogP contribution in [0.15, 0.2) is 25.2 Å². The number of carbonyl (C=O) groups excluding carboxylic acids is 2. The molecule has 1 spiro atoms. The van der Waals surface area contributed by atoms with Crippen molar-refractivity contribution in [3.63, 3.8) is 0 Å². The third-order valence-corrected chi connectivity index (χ3v) is 7.86. The van der Waals surface area contributed by atoms with Gasteiger partial charge in [-0.3, -0.25) is 9.69 Å². The molecule has 2 aromatic rings. The van der Waals surface area contributed by atoms with E-state index in [1.54, 1.807) is 11.8 Å². The van der Waals surface area contributed by atoms with Gasteiger partial charge in [0.25, 0.3) is 0 Å². The molecule has 2 saturated heterocycles. The first-order chi connectivity index (χ1) is 18.5. The second-order valence-corrected chi connectivity index (χ2v) is 11.5. The predicted octanol–water partition coefficient (Wildman–Crippen LogP) is 3.13. The summed E-state index contributed by atoms with van der Waals surface area (Å²) >= 11 is 0.